The molecule has 1 saturated carbocycles. The lowest BCUT2D eigenvalue weighted by atomic mass is 9.93. The maximum absolute atomic E-state index is 6.12. The zero-order chi connectivity index (χ0) is 12.0. The second-order valence-corrected chi connectivity index (χ2v) is 7.00. The monoisotopic (exact) mass is 225 g/mol. The highest BCUT2D eigenvalue weighted by molar-refractivity contribution is 5.00. The van der Waals surface area contributed by atoms with Crippen LogP contribution < -0.4 is 5.32 Å². The van der Waals surface area contributed by atoms with E-state index in [2.05, 4.69) is 39.9 Å². The van der Waals surface area contributed by atoms with Gasteiger partial charge in [-0.15, -0.1) is 0 Å². The Morgan fingerprint density at radius 1 is 1.12 bits per heavy atom. The Balaban J connectivity index is 1.94. The number of rotatable bonds is 2. The number of hydrogen-bond acceptors (Lipinski definition) is 2. The summed E-state index contributed by atoms with van der Waals surface area (Å²) < 4.78 is 6.12. The Morgan fingerprint density at radius 2 is 1.81 bits per heavy atom. The molecule has 1 saturated heterocycles. The lowest BCUT2D eigenvalue weighted by Gasteiger charge is -2.30. The lowest BCUT2D eigenvalue weighted by molar-refractivity contribution is -0.0704. The van der Waals surface area contributed by atoms with Gasteiger partial charge in [0.2, 0.25) is 0 Å². The van der Waals surface area contributed by atoms with E-state index in [-0.39, 0.29) is 11.2 Å². The molecule has 0 aromatic carbocycles. The van der Waals surface area contributed by atoms with Crippen molar-refractivity contribution in [3.8, 4) is 0 Å². The predicted molar refractivity (Wildman–Crippen MR) is 67.6 cm³/mol. The van der Waals surface area contributed by atoms with E-state index in [9.17, 15) is 0 Å². The molecule has 1 aliphatic carbocycles. The van der Waals surface area contributed by atoms with E-state index in [1.54, 1.807) is 0 Å². The third-order valence-corrected chi connectivity index (χ3v) is 4.21. The average molecular weight is 225 g/mol. The Hall–Kier alpha value is -0.0800. The zero-order valence-corrected chi connectivity index (χ0v) is 11.5. The van der Waals surface area contributed by atoms with Crippen LogP contribution in [-0.4, -0.2) is 23.3 Å². The van der Waals surface area contributed by atoms with Crippen LogP contribution in [0.1, 0.15) is 60.3 Å². The van der Waals surface area contributed by atoms with E-state index >= 15 is 0 Å². The van der Waals surface area contributed by atoms with Crippen molar-refractivity contribution in [2.75, 3.05) is 0 Å². The Kier molecular flexibility index (Phi) is 3.09. The molecule has 0 aromatic rings. The smallest absolute Gasteiger partial charge is 0.0787 e. The molecule has 1 N–H and O–H groups in total. The molecule has 0 amide bonds. The van der Waals surface area contributed by atoms with Crippen LogP contribution >= 0.6 is 0 Å². The molecule has 2 aliphatic rings. The van der Waals surface area contributed by atoms with Crippen LogP contribution in [-0.2, 0) is 4.74 Å². The van der Waals surface area contributed by atoms with E-state index in [4.69, 9.17) is 4.74 Å². The number of hydrogen-bond donors (Lipinski definition) is 1. The fourth-order valence-corrected chi connectivity index (χ4v) is 3.46. The van der Waals surface area contributed by atoms with E-state index < -0.39 is 0 Å². The Morgan fingerprint density at radius 3 is 2.25 bits per heavy atom. The molecule has 1 aliphatic heterocycles. The standard InChI is InChI=1S/C14H27NO/c1-10-6-7-11(8-10)15-12-9-13(2,3)16-14(12,4)5/h10-12,15H,6-9H2,1-5H3. The Bertz CT molecular complexity index is 259. The summed E-state index contributed by atoms with van der Waals surface area (Å²) in [6, 6.07) is 1.23. The summed E-state index contributed by atoms with van der Waals surface area (Å²) in [6.07, 6.45) is 5.20. The second kappa shape index (κ2) is 3.99. The highest BCUT2D eigenvalue weighted by Gasteiger charge is 2.46. The van der Waals surface area contributed by atoms with Crippen molar-refractivity contribution in [1.82, 2.24) is 5.32 Å². The van der Waals surface area contributed by atoms with Crippen molar-refractivity contribution in [2.45, 2.75) is 83.6 Å². The summed E-state index contributed by atoms with van der Waals surface area (Å²) in [5, 5.41) is 3.83. The van der Waals surface area contributed by atoms with Gasteiger partial charge in [-0.3, -0.25) is 0 Å². The third-order valence-electron chi connectivity index (χ3n) is 4.21. The van der Waals surface area contributed by atoms with Crippen molar-refractivity contribution >= 4 is 0 Å². The summed E-state index contributed by atoms with van der Waals surface area (Å²) in [4.78, 5) is 0. The Labute approximate surface area is 100 Å². The largest absolute Gasteiger partial charge is 0.368 e. The number of ether oxygens (including phenoxy) is 1. The molecule has 16 heavy (non-hydrogen) atoms. The third kappa shape index (κ3) is 2.60. The van der Waals surface area contributed by atoms with Crippen LogP contribution in [0.4, 0.5) is 0 Å². The second-order valence-electron chi connectivity index (χ2n) is 7.00. The van der Waals surface area contributed by atoms with Gasteiger partial charge in [0.25, 0.3) is 0 Å². The minimum Gasteiger partial charge on any atom is -0.368 e. The van der Waals surface area contributed by atoms with Crippen LogP contribution in [0.25, 0.3) is 0 Å². The molecule has 0 aromatic heterocycles. The highest BCUT2D eigenvalue weighted by Crippen LogP contribution is 2.38. The van der Waals surface area contributed by atoms with Crippen molar-refractivity contribution in [2.24, 2.45) is 5.92 Å². The molecule has 3 atom stereocenters. The van der Waals surface area contributed by atoms with Gasteiger partial charge in [0.05, 0.1) is 11.2 Å². The SMILES string of the molecule is CC1CCC(NC2CC(C)(C)OC2(C)C)C1. The van der Waals surface area contributed by atoms with Crippen molar-refractivity contribution in [3.63, 3.8) is 0 Å². The molecule has 0 spiro atoms. The lowest BCUT2D eigenvalue weighted by Crippen LogP contribution is -2.47. The highest BCUT2D eigenvalue weighted by atomic mass is 16.5. The van der Waals surface area contributed by atoms with E-state index in [1.807, 2.05) is 0 Å². The minimum absolute atomic E-state index is 0.0185. The zero-order valence-electron chi connectivity index (χ0n) is 11.5. The van der Waals surface area contributed by atoms with E-state index in [1.165, 1.54) is 19.3 Å². The van der Waals surface area contributed by atoms with Gasteiger partial charge in [0.1, 0.15) is 0 Å². The first kappa shape index (κ1) is 12.4. The van der Waals surface area contributed by atoms with Gasteiger partial charge in [0, 0.05) is 12.1 Å². The molecule has 2 nitrogen and oxygen atoms in total. The normalized spacial score (nSPS) is 41.4. The summed E-state index contributed by atoms with van der Waals surface area (Å²) in [5.41, 5.74) is 0.0146. The first-order chi connectivity index (χ1) is 7.28. The predicted octanol–water partition coefficient (Wildman–Crippen LogP) is 3.11. The fourth-order valence-electron chi connectivity index (χ4n) is 3.46. The molecular weight excluding hydrogens is 198 g/mol. The van der Waals surface area contributed by atoms with Gasteiger partial charge in [-0.2, -0.15) is 0 Å². The maximum Gasteiger partial charge on any atom is 0.0787 e. The van der Waals surface area contributed by atoms with Gasteiger partial charge in [0.15, 0.2) is 0 Å². The van der Waals surface area contributed by atoms with Gasteiger partial charge in [-0.1, -0.05) is 6.92 Å². The van der Waals surface area contributed by atoms with Crippen LogP contribution in [0.15, 0.2) is 0 Å². The van der Waals surface area contributed by atoms with E-state index in [0.29, 0.717) is 6.04 Å². The molecule has 1 heterocycles. The molecular formula is C14H27NO. The van der Waals surface area contributed by atoms with Crippen LogP contribution in [0.5, 0.6) is 0 Å². The fraction of sp³-hybridized carbons (Fsp3) is 1.00. The first-order valence-electron chi connectivity index (χ1n) is 6.75. The van der Waals surface area contributed by atoms with Crippen LogP contribution in [0, 0.1) is 5.92 Å². The van der Waals surface area contributed by atoms with Gasteiger partial charge in [-0.25, -0.2) is 0 Å². The molecule has 0 radical (unpaired) electrons. The molecule has 2 rings (SSSR count). The van der Waals surface area contributed by atoms with Crippen molar-refractivity contribution < 1.29 is 4.74 Å². The summed E-state index contributed by atoms with van der Waals surface area (Å²) in [6.45, 7) is 11.2. The molecule has 3 unspecified atom stereocenters. The summed E-state index contributed by atoms with van der Waals surface area (Å²) in [5.74, 6) is 0.899. The summed E-state index contributed by atoms with van der Waals surface area (Å²) >= 11 is 0. The first-order valence-corrected chi connectivity index (χ1v) is 6.75. The topological polar surface area (TPSA) is 21.3 Å². The van der Waals surface area contributed by atoms with Crippen LogP contribution in [0.3, 0.4) is 0 Å². The van der Waals surface area contributed by atoms with Crippen LogP contribution in [0.2, 0.25) is 0 Å². The van der Waals surface area contributed by atoms with Gasteiger partial charge < -0.3 is 10.1 Å². The van der Waals surface area contributed by atoms with Crippen molar-refractivity contribution in [1.29, 1.82) is 0 Å². The van der Waals surface area contributed by atoms with Gasteiger partial charge in [-0.05, 0) is 59.3 Å². The molecule has 94 valence electrons. The van der Waals surface area contributed by atoms with E-state index in [0.717, 1.165) is 18.4 Å². The molecule has 0 bridgehead atoms. The molecule has 2 fully saturated rings. The molecule has 2 heteroatoms. The summed E-state index contributed by atoms with van der Waals surface area (Å²) in [7, 11) is 0. The quantitative estimate of drug-likeness (QED) is 0.779. The minimum atomic E-state index is -0.0185. The average Bonchev–Trinajstić information content (AvgIpc) is 2.55. The van der Waals surface area contributed by atoms with Gasteiger partial charge >= 0.3 is 0 Å². The van der Waals surface area contributed by atoms with Crippen molar-refractivity contribution in [3.05, 3.63) is 0 Å². The number of nitrogens with one attached hydrogen (secondary N) is 1. The maximum atomic E-state index is 6.12.